The molecule has 1 aromatic carbocycles. The molecule has 1 aromatic rings. The van der Waals surface area contributed by atoms with Gasteiger partial charge in [-0.15, -0.1) is 0 Å². The first-order chi connectivity index (χ1) is 10.1. The van der Waals surface area contributed by atoms with Crippen molar-refractivity contribution in [2.24, 2.45) is 5.92 Å². The highest BCUT2D eigenvalue weighted by Gasteiger charge is 2.68. The summed E-state index contributed by atoms with van der Waals surface area (Å²) in [6, 6.07) is 5.22. The number of imide groups is 1. The van der Waals surface area contributed by atoms with Gasteiger partial charge in [-0.3, -0.25) is 4.79 Å². The van der Waals surface area contributed by atoms with Gasteiger partial charge in [0, 0.05) is 6.54 Å². The van der Waals surface area contributed by atoms with Gasteiger partial charge in [0.05, 0.1) is 15.5 Å². The monoisotopic (exact) mass is 341 g/mol. The van der Waals surface area contributed by atoms with Gasteiger partial charge in [0.15, 0.2) is 0 Å². The summed E-state index contributed by atoms with van der Waals surface area (Å²) in [5, 5.41) is 0.871. The maximum atomic E-state index is 12.7. The second-order valence-corrected chi connectivity index (χ2v) is 7.71. The van der Waals surface area contributed by atoms with Crippen molar-refractivity contribution in [2.45, 2.75) is 38.2 Å². The van der Waals surface area contributed by atoms with Crippen LogP contribution in [0.4, 0.5) is 4.79 Å². The third-order valence-electron chi connectivity index (χ3n) is 4.18. The van der Waals surface area contributed by atoms with E-state index in [0.29, 0.717) is 16.6 Å². The number of rotatable bonds is 1. The van der Waals surface area contributed by atoms with Gasteiger partial charge >= 0.3 is 6.09 Å². The number of hydrogen-bond acceptors (Lipinski definition) is 3. The molecule has 2 atom stereocenters. The van der Waals surface area contributed by atoms with Crippen LogP contribution in [-0.2, 0) is 14.9 Å². The molecule has 6 heteroatoms. The fourth-order valence-corrected chi connectivity index (χ4v) is 3.38. The summed E-state index contributed by atoms with van der Waals surface area (Å²) in [7, 11) is 0. The SMILES string of the molecule is CC(C)(C)OC(=O)N1CC2C[C@@]2(c2ccc(Cl)c(Cl)c2)C1=O. The van der Waals surface area contributed by atoms with Crippen molar-refractivity contribution in [3.05, 3.63) is 33.8 Å². The molecule has 1 unspecified atom stereocenters. The van der Waals surface area contributed by atoms with Crippen LogP contribution in [0.15, 0.2) is 18.2 Å². The lowest BCUT2D eigenvalue weighted by Gasteiger charge is -2.25. The van der Waals surface area contributed by atoms with Gasteiger partial charge in [0.2, 0.25) is 5.91 Å². The molecule has 3 rings (SSSR count). The normalized spacial score (nSPS) is 26.9. The standard InChI is InChI=1S/C16H17Cl2NO3/c1-15(2,3)22-14(21)19-8-10-7-16(10,13(19)20)9-4-5-11(17)12(18)6-9/h4-6,10H,7-8H2,1-3H3/t10?,16-/m0/s1. The van der Waals surface area contributed by atoms with E-state index in [-0.39, 0.29) is 11.8 Å². The van der Waals surface area contributed by atoms with E-state index in [1.54, 1.807) is 32.9 Å². The predicted octanol–water partition coefficient (Wildman–Crippen LogP) is 4.03. The van der Waals surface area contributed by atoms with E-state index in [9.17, 15) is 9.59 Å². The smallest absolute Gasteiger partial charge is 0.417 e. The summed E-state index contributed by atoms with van der Waals surface area (Å²) in [4.78, 5) is 26.1. The van der Waals surface area contributed by atoms with E-state index in [4.69, 9.17) is 27.9 Å². The van der Waals surface area contributed by atoms with Crippen LogP contribution < -0.4 is 0 Å². The molecule has 4 nitrogen and oxygen atoms in total. The third-order valence-corrected chi connectivity index (χ3v) is 4.92. The molecule has 1 saturated carbocycles. The number of fused-ring (bicyclic) bond motifs is 1. The molecule has 1 saturated heterocycles. The highest BCUT2D eigenvalue weighted by atomic mass is 35.5. The van der Waals surface area contributed by atoms with Crippen LogP contribution in [0, 0.1) is 5.92 Å². The number of carbonyl (C=O) groups is 2. The van der Waals surface area contributed by atoms with Crippen LogP contribution >= 0.6 is 23.2 Å². The number of benzene rings is 1. The lowest BCUT2D eigenvalue weighted by atomic mass is 9.94. The van der Waals surface area contributed by atoms with Gasteiger partial charge in [-0.25, -0.2) is 9.69 Å². The fourth-order valence-electron chi connectivity index (χ4n) is 3.08. The molecule has 0 bridgehead atoms. The zero-order valence-electron chi connectivity index (χ0n) is 12.7. The molecule has 2 aliphatic rings. The van der Waals surface area contributed by atoms with Crippen molar-refractivity contribution in [1.82, 2.24) is 4.90 Å². The number of halogens is 2. The highest BCUT2D eigenvalue weighted by Crippen LogP contribution is 2.60. The van der Waals surface area contributed by atoms with Gasteiger partial charge < -0.3 is 4.74 Å². The molecule has 1 heterocycles. The first-order valence-electron chi connectivity index (χ1n) is 7.15. The van der Waals surface area contributed by atoms with E-state index in [2.05, 4.69) is 0 Å². The van der Waals surface area contributed by atoms with Crippen LogP contribution in [0.3, 0.4) is 0 Å². The van der Waals surface area contributed by atoms with Crippen molar-refractivity contribution in [3.63, 3.8) is 0 Å². The third kappa shape index (κ3) is 2.38. The van der Waals surface area contributed by atoms with Crippen molar-refractivity contribution in [2.75, 3.05) is 6.54 Å². The largest absolute Gasteiger partial charge is 0.443 e. The Morgan fingerprint density at radius 3 is 2.59 bits per heavy atom. The second-order valence-electron chi connectivity index (χ2n) is 6.90. The minimum absolute atomic E-state index is 0.129. The topological polar surface area (TPSA) is 46.6 Å². The van der Waals surface area contributed by atoms with Crippen molar-refractivity contribution in [1.29, 1.82) is 0 Å². The Hall–Kier alpha value is -1.26. The summed E-state index contributed by atoms with van der Waals surface area (Å²) in [5.41, 5.74) is -0.436. The predicted molar refractivity (Wildman–Crippen MR) is 84.2 cm³/mol. The summed E-state index contributed by atoms with van der Waals surface area (Å²) in [6.45, 7) is 5.73. The number of amides is 2. The van der Waals surface area contributed by atoms with Crippen LogP contribution in [0.1, 0.15) is 32.8 Å². The van der Waals surface area contributed by atoms with E-state index >= 15 is 0 Å². The van der Waals surface area contributed by atoms with Crippen LogP contribution in [0.2, 0.25) is 10.0 Å². The van der Waals surface area contributed by atoms with E-state index < -0.39 is 17.1 Å². The number of carbonyl (C=O) groups excluding carboxylic acids is 2. The first kappa shape index (κ1) is 15.6. The zero-order valence-corrected chi connectivity index (χ0v) is 14.2. The minimum atomic E-state index is -0.634. The number of likely N-dealkylation sites (tertiary alicyclic amines) is 1. The molecule has 0 N–H and O–H groups in total. The number of piperidine rings is 1. The van der Waals surface area contributed by atoms with Crippen LogP contribution in [0.25, 0.3) is 0 Å². The molecule has 0 aromatic heterocycles. The molecule has 118 valence electrons. The number of hydrogen-bond donors (Lipinski definition) is 0. The number of nitrogens with zero attached hydrogens (tertiary/aromatic N) is 1. The maximum absolute atomic E-state index is 12.7. The Morgan fingerprint density at radius 2 is 2.00 bits per heavy atom. The lowest BCUT2D eigenvalue weighted by molar-refractivity contribution is -0.130. The van der Waals surface area contributed by atoms with Crippen LogP contribution in [0.5, 0.6) is 0 Å². The number of ether oxygens (including phenoxy) is 1. The Bertz CT molecular complexity index is 668. The summed E-state index contributed by atoms with van der Waals surface area (Å²) in [5.74, 6) is -0.0742. The first-order valence-corrected chi connectivity index (χ1v) is 7.91. The average molecular weight is 342 g/mol. The fraction of sp³-hybridized carbons (Fsp3) is 0.500. The summed E-state index contributed by atoms with van der Waals surface area (Å²) < 4.78 is 5.30. The lowest BCUT2D eigenvalue weighted by Crippen LogP contribution is -2.41. The molecule has 1 aliphatic heterocycles. The molecular weight excluding hydrogens is 325 g/mol. The molecular formula is C16H17Cl2NO3. The van der Waals surface area contributed by atoms with Gasteiger partial charge in [0.25, 0.3) is 0 Å². The molecule has 2 amide bonds. The molecule has 22 heavy (non-hydrogen) atoms. The maximum Gasteiger partial charge on any atom is 0.417 e. The van der Waals surface area contributed by atoms with E-state index in [1.807, 2.05) is 6.07 Å². The van der Waals surface area contributed by atoms with Gasteiger partial charge in [-0.05, 0) is 50.8 Å². The summed E-state index contributed by atoms with van der Waals surface area (Å²) in [6.07, 6.45) is 0.160. The van der Waals surface area contributed by atoms with Crippen molar-refractivity contribution < 1.29 is 14.3 Å². The molecule has 0 spiro atoms. The Balaban J connectivity index is 1.85. The quantitative estimate of drug-likeness (QED) is 0.774. The zero-order chi connectivity index (χ0) is 16.3. The van der Waals surface area contributed by atoms with Gasteiger partial charge in [-0.2, -0.15) is 0 Å². The van der Waals surface area contributed by atoms with E-state index in [0.717, 1.165) is 12.0 Å². The van der Waals surface area contributed by atoms with Gasteiger partial charge in [-0.1, -0.05) is 29.3 Å². The highest BCUT2D eigenvalue weighted by molar-refractivity contribution is 6.42. The Morgan fingerprint density at radius 1 is 1.32 bits per heavy atom. The average Bonchev–Trinajstić information content (AvgIpc) is 3.05. The summed E-state index contributed by atoms with van der Waals surface area (Å²) >= 11 is 12.0. The minimum Gasteiger partial charge on any atom is -0.443 e. The second kappa shape index (κ2) is 4.87. The molecule has 1 aliphatic carbocycles. The molecule has 0 radical (unpaired) electrons. The van der Waals surface area contributed by atoms with Crippen molar-refractivity contribution in [3.8, 4) is 0 Å². The van der Waals surface area contributed by atoms with Crippen molar-refractivity contribution >= 4 is 35.2 Å². The van der Waals surface area contributed by atoms with Gasteiger partial charge in [0.1, 0.15) is 5.60 Å². The molecule has 2 fully saturated rings. The van der Waals surface area contributed by atoms with E-state index in [1.165, 1.54) is 4.90 Å². The Labute approximate surface area is 139 Å². The van der Waals surface area contributed by atoms with Crippen LogP contribution in [-0.4, -0.2) is 29.0 Å². The Kier molecular flexibility index (Phi) is 3.46.